The zero-order chi connectivity index (χ0) is 14.4. The van der Waals surface area contributed by atoms with Gasteiger partial charge in [-0.15, -0.1) is 0 Å². The molecule has 6 heteroatoms. The first kappa shape index (κ1) is 14.7. The van der Waals surface area contributed by atoms with Crippen LogP contribution in [0.15, 0.2) is 24.3 Å². The predicted octanol–water partition coefficient (Wildman–Crippen LogP) is 0.582. The van der Waals surface area contributed by atoms with Crippen molar-refractivity contribution < 1.29 is 24.6 Å². The van der Waals surface area contributed by atoms with Gasteiger partial charge in [-0.25, -0.2) is 4.79 Å². The highest BCUT2D eigenvalue weighted by molar-refractivity contribution is 5.87. The molecule has 0 heterocycles. The number of rotatable bonds is 6. The van der Waals surface area contributed by atoms with E-state index < -0.39 is 30.3 Å². The lowest BCUT2D eigenvalue weighted by Gasteiger charge is -2.12. The minimum Gasteiger partial charge on any atom is -0.481 e. The number of aliphatic carboxylic acids is 2. The van der Waals surface area contributed by atoms with Crippen LogP contribution < -0.4 is 5.32 Å². The molecular weight excluding hydrogens is 250 g/mol. The lowest BCUT2D eigenvalue weighted by atomic mass is 10.1. The average molecular weight is 265 g/mol. The van der Waals surface area contributed by atoms with Crippen molar-refractivity contribution in [1.29, 1.82) is 0 Å². The normalized spacial score (nSPS) is 11.6. The first-order chi connectivity index (χ1) is 8.88. The molecule has 102 valence electrons. The second-order valence-corrected chi connectivity index (χ2v) is 4.22. The van der Waals surface area contributed by atoms with Crippen molar-refractivity contribution in [2.75, 3.05) is 0 Å². The molecule has 0 aliphatic rings. The summed E-state index contributed by atoms with van der Waals surface area (Å²) in [6.07, 6.45) is -0.625. The molecule has 3 N–H and O–H groups in total. The van der Waals surface area contributed by atoms with Gasteiger partial charge in [0.25, 0.3) is 0 Å². The van der Waals surface area contributed by atoms with Crippen molar-refractivity contribution in [2.45, 2.75) is 25.8 Å². The number of hydrogen-bond acceptors (Lipinski definition) is 3. The fourth-order valence-corrected chi connectivity index (χ4v) is 1.63. The summed E-state index contributed by atoms with van der Waals surface area (Å²) in [5.74, 6) is -3.15. The van der Waals surface area contributed by atoms with Crippen molar-refractivity contribution in [3.05, 3.63) is 35.4 Å². The van der Waals surface area contributed by atoms with Crippen LogP contribution in [0.3, 0.4) is 0 Å². The number of carboxylic acids is 2. The standard InChI is InChI=1S/C13H15NO5/c1-8-3-2-4-9(5-8)6-11(15)14-10(13(18)19)7-12(16)17/h2-5,10H,6-7H2,1H3,(H,14,15)(H,16,17)(H,18,19)/t10-/m1/s1. The molecular formula is C13H15NO5. The summed E-state index contributed by atoms with van der Waals surface area (Å²) in [5, 5.41) is 19.6. The highest BCUT2D eigenvalue weighted by atomic mass is 16.4. The summed E-state index contributed by atoms with van der Waals surface area (Å²) in [7, 11) is 0. The molecule has 1 amide bonds. The monoisotopic (exact) mass is 265 g/mol. The topological polar surface area (TPSA) is 104 Å². The molecule has 6 nitrogen and oxygen atoms in total. The number of nitrogens with one attached hydrogen (secondary N) is 1. The first-order valence-electron chi connectivity index (χ1n) is 5.68. The maximum Gasteiger partial charge on any atom is 0.326 e. The Hall–Kier alpha value is -2.37. The molecule has 0 unspecified atom stereocenters. The van der Waals surface area contributed by atoms with E-state index in [0.717, 1.165) is 11.1 Å². The van der Waals surface area contributed by atoms with E-state index in [2.05, 4.69) is 5.32 Å². The number of carboxylic acid groups (broad SMARTS) is 2. The fraction of sp³-hybridized carbons (Fsp3) is 0.308. The number of aryl methyl sites for hydroxylation is 1. The largest absolute Gasteiger partial charge is 0.481 e. The summed E-state index contributed by atoms with van der Waals surface area (Å²) in [6, 6.07) is 5.83. The van der Waals surface area contributed by atoms with Crippen LogP contribution in [0.4, 0.5) is 0 Å². The van der Waals surface area contributed by atoms with Gasteiger partial charge in [-0.3, -0.25) is 9.59 Å². The minimum atomic E-state index is -1.41. The van der Waals surface area contributed by atoms with Crippen LogP contribution in [-0.4, -0.2) is 34.1 Å². The third-order valence-electron chi connectivity index (χ3n) is 2.46. The molecule has 0 fully saturated rings. The molecule has 1 atom stereocenters. The summed E-state index contributed by atoms with van der Waals surface area (Å²) in [6.45, 7) is 1.88. The number of hydrogen-bond donors (Lipinski definition) is 3. The van der Waals surface area contributed by atoms with Gasteiger partial charge in [0.05, 0.1) is 12.8 Å². The maximum absolute atomic E-state index is 11.7. The van der Waals surface area contributed by atoms with E-state index >= 15 is 0 Å². The van der Waals surface area contributed by atoms with Crippen LogP contribution in [0.1, 0.15) is 17.5 Å². The SMILES string of the molecule is Cc1cccc(CC(=O)N[C@H](CC(=O)O)C(=O)O)c1. The molecule has 0 saturated heterocycles. The Bertz CT molecular complexity index is 498. The molecule has 1 aromatic carbocycles. The van der Waals surface area contributed by atoms with E-state index in [9.17, 15) is 14.4 Å². The zero-order valence-electron chi connectivity index (χ0n) is 10.4. The van der Waals surface area contributed by atoms with Crippen molar-refractivity contribution in [2.24, 2.45) is 0 Å². The molecule has 0 aromatic heterocycles. The van der Waals surface area contributed by atoms with Gasteiger partial charge in [0, 0.05) is 0 Å². The van der Waals surface area contributed by atoms with Gasteiger partial charge in [-0.1, -0.05) is 29.8 Å². The van der Waals surface area contributed by atoms with Gasteiger partial charge >= 0.3 is 11.9 Å². The van der Waals surface area contributed by atoms with Crippen molar-refractivity contribution in [1.82, 2.24) is 5.32 Å². The highest BCUT2D eigenvalue weighted by Gasteiger charge is 2.22. The first-order valence-corrected chi connectivity index (χ1v) is 5.68. The van der Waals surface area contributed by atoms with Gasteiger partial charge < -0.3 is 15.5 Å². The molecule has 1 aromatic rings. The molecule has 0 aliphatic heterocycles. The Balaban J connectivity index is 2.62. The van der Waals surface area contributed by atoms with Crippen molar-refractivity contribution in [3.63, 3.8) is 0 Å². The number of carbonyl (C=O) groups excluding carboxylic acids is 1. The Morgan fingerprint density at radius 3 is 2.47 bits per heavy atom. The quantitative estimate of drug-likeness (QED) is 0.698. The molecule has 0 saturated carbocycles. The second kappa shape index (κ2) is 6.53. The molecule has 1 rings (SSSR count). The third-order valence-corrected chi connectivity index (χ3v) is 2.46. The van der Waals surface area contributed by atoms with E-state index in [4.69, 9.17) is 10.2 Å². The van der Waals surface area contributed by atoms with Crippen LogP contribution in [-0.2, 0) is 20.8 Å². The van der Waals surface area contributed by atoms with Gasteiger partial charge in [0.15, 0.2) is 0 Å². The third kappa shape index (κ3) is 5.20. The Labute approximate surface area is 110 Å². The maximum atomic E-state index is 11.7. The predicted molar refractivity (Wildman–Crippen MR) is 66.7 cm³/mol. The van der Waals surface area contributed by atoms with Gasteiger partial charge in [-0.05, 0) is 12.5 Å². The second-order valence-electron chi connectivity index (χ2n) is 4.22. The van der Waals surface area contributed by atoms with E-state index in [0.29, 0.717) is 0 Å². The van der Waals surface area contributed by atoms with E-state index in [1.807, 2.05) is 19.1 Å². The van der Waals surface area contributed by atoms with Crippen LogP contribution in [0.2, 0.25) is 0 Å². The van der Waals surface area contributed by atoms with E-state index in [1.165, 1.54) is 0 Å². The van der Waals surface area contributed by atoms with Crippen molar-refractivity contribution >= 4 is 17.8 Å². The Morgan fingerprint density at radius 1 is 1.26 bits per heavy atom. The minimum absolute atomic E-state index is 0.0189. The smallest absolute Gasteiger partial charge is 0.326 e. The Morgan fingerprint density at radius 2 is 1.95 bits per heavy atom. The highest BCUT2D eigenvalue weighted by Crippen LogP contribution is 2.05. The molecule has 0 bridgehead atoms. The number of carbonyl (C=O) groups is 3. The molecule has 0 radical (unpaired) electrons. The summed E-state index contributed by atoms with van der Waals surface area (Å²) in [4.78, 5) is 32.9. The fourth-order valence-electron chi connectivity index (χ4n) is 1.63. The number of benzene rings is 1. The number of amides is 1. The van der Waals surface area contributed by atoms with E-state index in [-0.39, 0.29) is 6.42 Å². The molecule has 0 aliphatic carbocycles. The van der Waals surface area contributed by atoms with Crippen LogP contribution in [0.25, 0.3) is 0 Å². The van der Waals surface area contributed by atoms with Crippen molar-refractivity contribution in [3.8, 4) is 0 Å². The van der Waals surface area contributed by atoms with Crippen LogP contribution >= 0.6 is 0 Å². The van der Waals surface area contributed by atoms with Crippen LogP contribution in [0, 0.1) is 6.92 Å². The lowest BCUT2D eigenvalue weighted by Crippen LogP contribution is -2.42. The Kier molecular flexibility index (Phi) is 5.05. The summed E-state index contributed by atoms with van der Waals surface area (Å²) in [5.41, 5.74) is 1.74. The summed E-state index contributed by atoms with van der Waals surface area (Å²) < 4.78 is 0. The zero-order valence-corrected chi connectivity index (χ0v) is 10.4. The molecule has 19 heavy (non-hydrogen) atoms. The van der Waals surface area contributed by atoms with Gasteiger partial charge in [0.1, 0.15) is 6.04 Å². The average Bonchev–Trinajstić information content (AvgIpc) is 2.27. The van der Waals surface area contributed by atoms with Gasteiger partial charge in [-0.2, -0.15) is 0 Å². The van der Waals surface area contributed by atoms with Gasteiger partial charge in [0.2, 0.25) is 5.91 Å². The molecule has 0 spiro atoms. The van der Waals surface area contributed by atoms with Crippen LogP contribution in [0.5, 0.6) is 0 Å². The summed E-state index contributed by atoms with van der Waals surface area (Å²) >= 11 is 0. The van der Waals surface area contributed by atoms with E-state index in [1.54, 1.807) is 12.1 Å². The lowest BCUT2D eigenvalue weighted by molar-refractivity contribution is -0.147.